The third-order valence-electron chi connectivity index (χ3n) is 3.62. The van der Waals surface area contributed by atoms with Gasteiger partial charge in [-0.3, -0.25) is 4.79 Å². The lowest BCUT2D eigenvalue weighted by molar-refractivity contribution is 0.0972. The SMILES string of the molecule is CC(=O)c1nc(CC2CCN(C(C)C)CC2)no1. The third kappa shape index (κ3) is 3.16. The number of carbonyl (C=O) groups is 1. The summed E-state index contributed by atoms with van der Waals surface area (Å²) >= 11 is 0. The van der Waals surface area contributed by atoms with Crippen molar-refractivity contribution in [2.24, 2.45) is 5.92 Å². The molecule has 0 saturated carbocycles. The van der Waals surface area contributed by atoms with E-state index < -0.39 is 0 Å². The van der Waals surface area contributed by atoms with E-state index in [9.17, 15) is 4.79 Å². The fourth-order valence-electron chi connectivity index (χ4n) is 2.41. The molecule has 1 saturated heterocycles. The molecule has 1 aliphatic rings. The van der Waals surface area contributed by atoms with Gasteiger partial charge < -0.3 is 9.42 Å². The Labute approximate surface area is 108 Å². The number of carbonyl (C=O) groups excluding carboxylic acids is 1. The van der Waals surface area contributed by atoms with E-state index in [4.69, 9.17) is 4.52 Å². The number of hydrogen-bond donors (Lipinski definition) is 0. The summed E-state index contributed by atoms with van der Waals surface area (Å²) in [6, 6.07) is 0.625. The molecule has 0 spiro atoms. The average Bonchev–Trinajstić information content (AvgIpc) is 2.78. The first kappa shape index (κ1) is 13.2. The highest BCUT2D eigenvalue weighted by Gasteiger charge is 2.22. The number of Topliss-reactive ketones (excluding diaryl/α,β-unsaturated/α-hetero) is 1. The molecule has 100 valence electrons. The summed E-state index contributed by atoms with van der Waals surface area (Å²) in [6.07, 6.45) is 3.16. The van der Waals surface area contributed by atoms with Crippen LogP contribution in [0.3, 0.4) is 0 Å². The Hall–Kier alpha value is -1.23. The molecule has 1 fully saturated rings. The van der Waals surface area contributed by atoms with E-state index in [1.165, 1.54) is 19.8 Å². The van der Waals surface area contributed by atoms with Gasteiger partial charge in [-0.25, -0.2) is 0 Å². The molecular weight excluding hydrogens is 230 g/mol. The highest BCUT2D eigenvalue weighted by atomic mass is 16.5. The maximum absolute atomic E-state index is 11.1. The summed E-state index contributed by atoms with van der Waals surface area (Å²) < 4.78 is 4.91. The van der Waals surface area contributed by atoms with Crippen molar-refractivity contribution in [2.75, 3.05) is 13.1 Å². The minimum Gasteiger partial charge on any atom is -0.331 e. The minimum atomic E-state index is -0.164. The fraction of sp³-hybridized carbons (Fsp3) is 0.769. The van der Waals surface area contributed by atoms with Crippen LogP contribution in [0.1, 0.15) is 50.1 Å². The largest absolute Gasteiger partial charge is 0.331 e. The Bertz CT molecular complexity index is 406. The maximum atomic E-state index is 11.1. The van der Waals surface area contributed by atoms with Gasteiger partial charge in [0.25, 0.3) is 5.89 Å². The van der Waals surface area contributed by atoms with Crippen LogP contribution in [0, 0.1) is 5.92 Å². The molecule has 0 bridgehead atoms. The lowest BCUT2D eigenvalue weighted by atomic mass is 9.93. The molecule has 0 amide bonds. The standard InChI is InChI=1S/C13H21N3O2/c1-9(2)16-6-4-11(5-7-16)8-12-14-13(10(3)17)18-15-12/h9,11H,4-8H2,1-3H3. The van der Waals surface area contributed by atoms with Gasteiger partial charge in [0, 0.05) is 19.4 Å². The highest BCUT2D eigenvalue weighted by molar-refractivity contribution is 5.89. The lowest BCUT2D eigenvalue weighted by Crippen LogP contribution is -2.38. The molecule has 0 atom stereocenters. The van der Waals surface area contributed by atoms with E-state index in [1.807, 2.05) is 0 Å². The molecule has 5 nitrogen and oxygen atoms in total. The van der Waals surface area contributed by atoms with Gasteiger partial charge in [0.05, 0.1) is 0 Å². The van der Waals surface area contributed by atoms with Gasteiger partial charge in [-0.15, -0.1) is 0 Å². The summed E-state index contributed by atoms with van der Waals surface area (Å²) in [6.45, 7) is 8.19. The molecule has 5 heteroatoms. The van der Waals surface area contributed by atoms with Crippen molar-refractivity contribution < 1.29 is 9.32 Å². The molecule has 1 aromatic rings. The van der Waals surface area contributed by atoms with Crippen LogP contribution < -0.4 is 0 Å². The van der Waals surface area contributed by atoms with Crippen LogP contribution in [-0.4, -0.2) is 40.0 Å². The molecule has 0 unspecified atom stereocenters. The van der Waals surface area contributed by atoms with E-state index in [0.717, 1.165) is 19.5 Å². The average molecular weight is 251 g/mol. The van der Waals surface area contributed by atoms with Gasteiger partial charge >= 0.3 is 0 Å². The van der Waals surface area contributed by atoms with Crippen LogP contribution in [0.25, 0.3) is 0 Å². The van der Waals surface area contributed by atoms with Gasteiger partial charge in [-0.2, -0.15) is 4.98 Å². The Morgan fingerprint density at radius 3 is 2.61 bits per heavy atom. The molecular formula is C13H21N3O2. The zero-order valence-electron chi connectivity index (χ0n) is 11.3. The predicted molar refractivity (Wildman–Crippen MR) is 67.4 cm³/mol. The van der Waals surface area contributed by atoms with Gasteiger partial charge in [-0.05, 0) is 45.7 Å². The van der Waals surface area contributed by atoms with Crippen LogP contribution in [0.15, 0.2) is 4.52 Å². The number of nitrogens with zero attached hydrogens (tertiary/aromatic N) is 3. The summed E-state index contributed by atoms with van der Waals surface area (Å²) in [5, 5.41) is 3.87. The van der Waals surface area contributed by atoms with Crippen molar-refractivity contribution >= 4 is 5.78 Å². The minimum absolute atomic E-state index is 0.129. The number of hydrogen-bond acceptors (Lipinski definition) is 5. The molecule has 1 aromatic heterocycles. The molecule has 0 radical (unpaired) electrons. The van der Waals surface area contributed by atoms with Crippen molar-refractivity contribution in [3.8, 4) is 0 Å². The first-order valence-electron chi connectivity index (χ1n) is 6.64. The lowest BCUT2D eigenvalue weighted by Gasteiger charge is -2.34. The quantitative estimate of drug-likeness (QED) is 0.765. The van der Waals surface area contributed by atoms with Gasteiger partial charge in [-0.1, -0.05) is 5.16 Å². The summed E-state index contributed by atoms with van der Waals surface area (Å²) in [7, 11) is 0. The highest BCUT2D eigenvalue weighted by Crippen LogP contribution is 2.21. The second-order valence-corrected chi connectivity index (χ2v) is 5.35. The summed E-state index contributed by atoms with van der Waals surface area (Å²) in [4.78, 5) is 17.7. The summed E-state index contributed by atoms with van der Waals surface area (Å²) in [5.41, 5.74) is 0. The second-order valence-electron chi connectivity index (χ2n) is 5.35. The van der Waals surface area contributed by atoms with E-state index in [2.05, 4.69) is 28.9 Å². The van der Waals surface area contributed by atoms with Crippen LogP contribution in [0.5, 0.6) is 0 Å². The zero-order valence-corrected chi connectivity index (χ0v) is 11.3. The van der Waals surface area contributed by atoms with Crippen molar-refractivity contribution in [3.05, 3.63) is 11.7 Å². The third-order valence-corrected chi connectivity index (χ3v) is 3.62. The first-order valence-corrected chi connectivity index (χ1v) is 6.64. The van der Waals surface area contributed by atoms with Gasteiger partial charge in [0.15, 0.2) is 5.82 Å². The number of rotatable bonds is 4. The molecule has 0 N–H and O–H groups in total. The fourth-order valence-corrected chi connectivity index (χ4v) is 2.41. The molecule has 0 aliphatic carbocycles. The second kappa shape index (κ2) is 5.61. The maximum Gasteiger partial charge on any atom is 0.293 e. The van der Waals surface area contributed by atoms with Gasteiger partial charge in [0.1, 0.15) is 0 Å². The molecule has 2 heterocycles. The monoisotopic (exact) mass is 251 g/mol. The summed E-state index contributed by atoms with van der Waals surface area (Å²) in [5.74, 6) is 1.24. The normalized spacial score (nSPS) is 18.4. The van der Waals surface area contributed by atoms with E-state index in [0.29, 0.717) is 17.8 Å². The van der Waals surface area contributed by atoms with Crippen LogP contribution in [0.4, 0.5) is 0 Å². The number of likely N-dealkylation sites (tertiary alicyclic amines) is 1. The van der Waals surface area contributed by atoms with Crippen molar-refractivity contribution in [1.29, 1.82) is 0 Å². The van der Waals surface area contributed by atoms with Crippen molar-refractivity contribution in [3.63, 3.8) is 0 Å². The van der Waals surface area contributed by atoms with Crippen LogP contribution in [0.2, 0.25) is 0 Å². The molecule has 0 aromatic carbocycles. The number of ketones is 1. The zero-order chi connectivity index (χ0) is 13.1. The van der Waals surface area contributed by atoms with Crippen molar-refractivity contribution in [1.82, 2.24) is 15.0 Å². The Morgan fingerprint density at radius 1 is 1.44 bits per heavy atom. The molecule has 18 heavy (non-hydrogen) atoms. The smallest absolute Gasteiger partial charge is 0.293 e. The van der Waals surface area contributed by atoms with E-state index >= 15 is 0 Å². The number of piperidine rings is 1. The number of aromatic nitrogens is 2. The van der Waals surface area contributed by atoms with Crippen LogP contribution in [-0.2, 0) is 6.42 Å². The van der Waals surface area contributed by atoms with E-state index in [-0.39, 0.29) is 11.7 Å². The van der Waals surface area contributed by atoms with E-state index in [1.54, 1.807) is 0 Å². The Morgan fingerprint density at radius 2 is 2.11 bits per heavy atom. The molecule has 1 aliphatic heterocycles. The Kier molecular flexibility index (Phi) is 4.11. The predicted octanol–water partition coefficient (Wildman–Crippen LogP) is 1.94. The van der Waals surface area contributed by atoms with Crippen molar-refractivity contribution in [2.45, 2.75) is 46.1 Å². The Balaban J connectivity index is 1.85. The van der Waals surface area contributed by atoms with Crippen LogP contribution >= 0.6 is 0 Å². The van der Waals surface area contributed by atoms with Gasteiger partial charge in [0.2, 0.25) is 5.78 Å². The first-order chi connectivity index (χ1) is 8.56. The molecule has 2 rings (SSSR count). The topological polar surface area (TPSA) is 59.2 Å².